The van der Waals surface area contributed by atoms with Gasteiger partial charge in [-0.25, -0.2) is 4.98 Å². The number of nitrogens with one attached hydrogen (secondary N) is 1. The first kappa shape index (κ1) is 23.1. The van der Waals surface area contributed by atoms with E-state index in [1.54, 1.807) is 0 Å². The average molecular weight is 474 g/mol. The molecule has 1 fully saturated rings. The number of anilines is 1. The van der Waals surface area contributed by atoms with Crippen LogP contribution in [0.25, 0.3) is 16.8 Å². The molecule has 0 unspecified atom stereocenters. The van der Waals surface area contributed by atoms with Crippen LogP contribution in [0.1, 0.15) is 25.3 Å². The second-order valence-electron chi connectivity index (χ2n) is 7.65. The Morgan fingerprint density at radius 1 is 1.15 bits per heavy atom. The molecular formula is C20H20F6N6O. The first-order valence-electron chi connectivity index (χ1n) is 10.2. The van der Waals surface area contributed by atoms with Gasteiger partial charge in [0, 0.05) is 18.2 Å². The molecule has 13 heteroatoms. The summed E-state index contributed by atoms with van der Waals surface area (Å²) in [6.07, 6.45) is -5.39. The molecule has 0 aliphatic carbocycles. The van der Waals surface area contributed by atoms with E-state index in [9.17, 15) is 26.3 Å². The molecule has 0 saturated carbocycles. The number of likely N-dealkylation sites (tertiary alicyclic amines) is 1. The summed E-state index contributed by atoms with van der Waals surface area (Å²) in [7, 11) is 0. The topological polar surface area (TPSA) is 67.6 Å². The van der Waals surface area contributed by atoms with Gasteiger partial charge in [0.25, 0.3) is 0 Å². The monoisotopic (exact) mass is 474 g/mol. The highest BCUT2D eigenvalue weighted by Crippen LogP contribution is 2.40. The number of hydrogen-bond donors (Lipinski definition) is 1. The standard InChI is InChI=1S/C20H20F6N6O/c1-2-31-7-3-4-13(10-31)28-18-30-29-17(15-9-27-11-32(15)18)14-6-5-12(19(21,22)23)8-16(14)33-20(24,25)26/h5-6,8-9,11,13H,2-4,7,10H2,1H3,(H,28,30)/t13-/m1/s1. The Balaban J connectivity index is 1.73. The van der Waals surface area contributed by atoms with Crippen LogP contribution in [0.4, 0.5) is 32.3 Å². The van der Waals surface area contributed by atoms with E-state index in [0.29, 0.717) is 18.1 Å². The van der Waals surface area contributed by atoms with Gasteiger partial charge in [-0.1, -0.05) is 6.92 Å². The van der Waals surface area contributed by atoms with Gasteiger partial charge in [-0.05, 0) is 44.1 Å². The first-order chi connectivity index (χ1) is 15.5. The predicted molar refractivity (Wildman–Crippen MR) is 107 cm³/mol. The highest BCUT2D eigenvalue weighted by atomic mass is 19.4. The van der Waals surface area contributed by atoms with Crippen molar-refractivity contribution in [1.82, 2.24) is 24.5 Å². The lowest BCUT2D eigenvalue weighted by molar-refractivity contribution is -0.274. The summed E-state index contributed by atoms with van der Waals surface area (Å²) in [5.41, 5.74) is -1.40. The highest BCUT2D eigenvalue weighted by Gasteiger charge is 2.36. The van der Waals surface area contributed by atoms with Gasteiger partial charge in [-0.3, -0.25) is 4.40 Å². The van der Waals surface area contributed by atoms with Gasteiger partial charge < -0.3 is 15.0 Å². The molecule has 2 aromatic heterocycles. The van der Waals surface area contributed by atoms with Gasteiger partial charge in [-0.2, -0.15) is 13.2 Å². The zero-order valence-corrected chi connectivity index (χ0v) is 17.4. The molecule has 178 valence electrons. The molecule has 0 spiro atoms. The van der Waals surface area contributed by atoms with E-state index in [2.05, 4.69) is 37.1 Å². The van der Waals surface area contributed by atoms with E-state index in [1.807, 2.05) is 0 Å². The lowest BCUT2D eigenvalue weighted by Crippen LogP contribution is -2.42. The molecule has 1 atom stereocenters. The number of alkyl halides is 6. The van der Waals surface area contributed by atoms with E-state index in [-0.39, 0.29) is 22.8 Å². The number of nitrogens with zero attached hydrogens (tertiary/aromatic N) is 5. The maximum absolute atomic E-state index is 13.1. The Hall–Kier alpha value is -3.09. The minimum Gasteiger partial charge on any atom is -0.405 e. The van der Waals surface area contributed by atoms with Gasteiger partial charge in [0.15, 0.2) is 0 Å². The van der Waals surface area contributed by atoms with Gasteiger partial charge in [0.1, 0.15) is 17.8 Å². The summed E-state index contributed by atoms with van der Waals surface area (Å²) < 4.78 is 83.4. The van der Waals surface area contributed by atoms with Crippen molar-refractivity contribution in [3.8, 4) is 17.0 Å². The van der Waals surface area contributed by atoms with Crippen molar-refractivity contribution in [2.75, 3.05) is 25.0 Å². The van der Waals surface area contributed by atoms with Crippen LogP contribution < -0.4 is 10.1 Å². The third-order valence-corrected chi connectivity index (χ3v) is 5.43. The largest absolute Gasteiger partial charge is 0.573 e. The van der Waals surface area contributed by atoms with Crippen LogP contribution in [0.15, 0.2) is 30.7 Å². The zero-order chi connectivity index (χ0) is 23.8. The second-order valence-corrected chi connectivity index (χ2v) is 7.65. The van der Waals surface area contributed by atoms with Crippen LogP contribution >= 0.6 is 0 Å². The Bertz CT molecular complexity index is 1130. The molecular weight excluding hydrogens is 454 g/mol. The van der Waals surface area contributed by atoms with E-state index >= 15 is 0 Å². The van der Waals surface area contributed by atoms with Crippen LogP contribution in [0.3, 0.4) is 0 Å². The number of fused-ring (bicyclic) bond motifs is 1. The van der Waals surface area contributed by atoms with Gasteiger partial charge in [0.05, 0.1) is 17.3 Å². The summed E-state index contributed by atoms with van der Waals surface area (Å²) in [5, 5.41) is 11.4. The van der Waals surface area contributed by atoms with E-state index < -0.39 is 23.9 Å². The fourth-order valence-corrected chi connectivity index (χ4v) is 3.87. The zero-order valence-electron chi connectivity index (χ0n) is 17.4. The van der Waals surface area contributed by atoms with Crippen LogP contribution in [-0.2, 0) is 6.18 Å². The first-order valence-corrected chi connectivity index (χ1v) is 10.2. The SMILES string of the molecule is CCN1CCC[C@@H](Nc2nnc(-c3ccc(C(F)(F)F)cc3OC(F)(F)F)c3cncn23)C1. The molecule has 4 rings (SSSR count). The number of benzene rings is 1. The minimum atomic E-state index is -5.20. The molecule has 33 heavy (non-hydrogen) atoms. The van der Waals surface area contributed by atoms with E-state index in [4.69, 9.17) is 0 Å². The Morgan fingerprint density at radius 2 is 1.94 bits per heavy atom. The summed E-state index contributed by atoms with van der Waals surface area (Å²) in [6.45, 7) is 4.75. The number of aromatic nitrogens is 4. The normalized spacial score (nSPS) is 18.0. The number of ether oxygens (including phenoxy) is 1. The van der Waals surface area contributed by atoms with Crippen molar-refractivity contribution in [2.45, 2.75) is 38.3 Å². The number of halogens is 6. The number of hydrogen-bond acceptors (Lipinski definition) is 6. The molecule has 0 amide bonds. The van der Waals surface area contributed by atoms with E-state index in [0.717, 1.165) is 38.5 Å². The van der Waals surface area contributed by atoms with Crippen LogP contribution in [0, 0.1) is 0 Å². The molecule has 3 heterocycles. The molecule has 1 N–H and O–H groups in total. The van der Waals surface area contributed by atoms with Gasteiger partial charge in [-0.15, -0.1) is 23.4 Å². The number of likely N-dealkylation sites (N-methyl/N-ethyl adjacent to an activating group) is 1. The lowest BCUT2D eigenvalue weighted by atomic mass is 10.1. The van der Waals surface area contributed by atoms with Crippen molar-refractivity contribution in [2.24, 2.45) is 0 Å². The number of piperidine rings is 1. The van der Waals surface area contributed by atoms with Crippen molar-refractivity contribution in [1.29, 1.82) is 0 Å². The Kier molecular flexibility index (Phi) is 6.08. The van der Waals surface area contributed by atoms with Crippen LogP contribution in [0.5, 0.6) is 5.75 Å². The third-order valence-electron chi connectivity index (χ3n) is 5.43. The van der Waals surface area contributed by atoms with Crippen molar-refractivity contribution in [3.63, 3.8) is 0 Å². The van der Waals surface area contributed by atoms with Crippen LogP contribution in [-0.4, -0.2) is 56.5 Å². The van der Waals surface area contributed by atoms with E-state index in [1.165, 1.54) is 16.9 Å². The summed E-state index contributed by atoms with van der Waals surface area (Å²) in [5.74, 6) is -0.694. The van der Waals surface area contributed by atoms with Gasteiger partial charge in [0.2, 0.25) is 5.95 Å². The van der Waals surface area contributed by atoms with Crippen LogP contribution in [0.2, 0.25) is 0 Å². The summed E-state index contributed by atoms with van der Waals surface area (Å²) >= 11 is 0. The Labute approximate surface area is 184 Å². The van der Waals surface area contributed by atoms with Crippen molar-refractivity contribution >= 4 is 11.5 Å². The quantitative estimate of drug-likeness (QED) is 0.545. The molecule has 1 aliphatic heterocycles. The fraction of sp³-hybridized carbons (Fsp3) is 0.450. The number of imidazole rings is 1. The van der Waals surface area contributed by atoms with Crippen molar-refractivity contribution in [3.05, 3.63) is 36.3 Å². The molecule has 7 nitrogen and oxygen atoms in total. The predicted octanol–water partition coefficient (Wildman–Crippen LogP) is 4.60. The maximum Gasteiger partial charge on any atom is 0.573 e. The molecule has 0 radical (unpaired) electrons. The average Bonchev–Trinajstić information content (AvgIpc) is 3.23. The number of rotatable bonds is 5. The smallest absolute Gasteiger partial charge is 0.405 e. The molecule has 3 aromatic rings. The Morgan fingerprint density at radius 3 is 2.64 bits per heavy atom. The second kappa shape index (κ2) is 8.69. The lowest BCUT2D eigenvalue weighted by Gasteiger charge is -2.32. The highest BCUT2D eigenvalue weighted by molar-refractivity contribution is 5.81. The fourth-order valence-electron chi connectivity index (χ4n) is 3.87. The van der Waals surface area contributed by atoms with Gasteiger partial charge >= 0.3 is 12.5 Å². The summed E-state index contributed by atoms with van der Waals surface area (Å²) in [4.78, 5) is 6.30. The molecule has 1 aliphatic rings. The molecule has 0 bridgehead atoms. The minimum absolute atomic E-state index is 0.0830. The summed E-state index contributed by atoms with van der Waals surface area (Å²) in [6, 6.07) is 1.93. The maximum atomic E-state index is 13.1. The molecule has 1 aromatic carbocycles. The third kappa shape index (κ3) is 5.13. The van der Waals surface area contributed by atoms with Crippen molar-refractivity contribution < 1.29 is 31.1 Å². The molecule has 1 saturated heterocycles.